The zero-order valence-electron chi connectivity index (χ0n) is 13.2. The lowest BCUT2D eigenvalue weighted by atomic mass is 10.2. The molecule has 1 amide bonds. The van der Waals surface area contributed by atoms with Gasteiger partial charge in [-0.3, -0.25) is 4.79 Å². The molecule has 0 radical (unpaired) electrons. The zero-order valence-corrected chi connectivity index (χ0v) is 13.2. The zero-order chi connectivity index (χ0) is 16.0. The van der Waals surface area contributed by atoms with E-state index in [4.69, 9.17) is 4.74 Å². The van der Waals surface area contributed by atoms with Gasteiger partial charge in [0, 0.05) is 25.1 Å². The normalized spacial score (nSPS) is 11.3. The highest BCUT2D eigenvalue weighted by Gasteiger charge is 2.15. The van der Waals surface area contributed by atoms with Crippen LogP contribution in [-0.4, -0.2) is 34.8 Å². The number of anilines is 1. The molecule has 0 aliphatic rings. The highest BCUT2D eigenvalue weighted by atomic mass is 16.6. The number of nitrogens with one attached hydrogen (secondary N) is 3. The maximum atomic E-state index is 11.5. The van der Waals surface area contributed by atoms with Gasteiger partial charge in [0.25, 0.3) is 5.56 Å². The standard InChI is InChI=1S/C14H24N4O3/c1-9(2)12-17-10(8-11(19)18-12)15-6-7-16-13(20)21-14(3,4)5/h8-9H,6-7H2,1-5H3,(H,16,20)(H2,15,17,18,19). The quantitative estimate of drug-likeness (QED) is 0.720. The molecule has 3 N–H and O–H groups in total. The van der Waals surface area contributed by atoms with Gasteiger partial charge in [-0.05, 0) is 20.8 Å². The van der Waals surface area contributed by atoms with Gasteiger partial charge in [-0.25, -0.2) is 9.78 Å². The number of carbonyl (C=O) groups excluding carboxylic acids is 1. The Bertz CT molecular complexity index is 532. The Morgan fingerprint density at radius 2 is 2.05 bits per heavy atom. The lowest BCUT2D eigenvalue weighted by Gasteiger charge is -2.19. The van der Waals surface area contributed by atoms with Gasteiger partial charge in [0.05, 0.1) is 0 Å². The summed E-state index contributed by atoms with van der Waals surface area (Å²) < 4.78 is 5.11. The van der Waals surface area contributed by atoms with E-state index in [2.05, 4.69) is 20.6 Å². The topological polar surface area (TPSA) is 96.1 Å². The molecule has 0 aromatic carbocycles. The van der Waals surface area contributed by atoms with Crippen molar-refractivity contribution in [1.82, 2.24) is 15.3 Å². The van der Waals surface area contributed by atoms with Crippen LogP contribution in [0.2, 0.25) is 0 Å². The summed E-state index contributed by atoms with van der Waals surface area (Å²) in [6.07, 6.45) is -0.467. The molecule has 0 fully saturated rings. The third kappa shape index (κ3) is 6.78. The molecule has 0 bridgehead atoms. The van der Waals surface area contributed by atoms with Crippen molar-refractivity contribution in [3.8, 4) is 0 Å². The van der Waals surface area contributed by atoms with Gasteiger partial charge < -0.3 is 20.4 Å². The third-order valence-electron chi connectivity index (χ3n) is 2.41. The first-order valence-electron chi connectivity index (χ1n) is 6.99. The maximum Gasteiger partial charge on any atom is 0.407 e. The molecule has 0 aliphatic heterocycles. The minimum atomic E-state index is -0.516. The SMILES string of the molecule is CC(C)c1nc(NCCNC(=O)OC(C)(C)C)cc(=O)[nH]1. The summed E-state index contributed by atoms with van der Waals surface area (Å²) in [5, 5.41) is 5.62. The van der Waals surface area contributed by atoms with Crippen LogP contribution in [-0.2, 0) is 4.74 Å². The molecule has 0 spiro atoms. The van der Waals surface area contributed by atoms with Gasteiger partial charge in [0.1, 0.15) is 17.2 Å². The van der Waals surface area contributed by atoms with Crippen LogP contribution in [0.15, 0.2) is 10.9 Å². The first-order chi connectivity index (χ1) is 9.67. The Balaban J connectivity index is 2.43. The molecule has 1 heterocycles. The van der Waals surface area contributed by atoms with Gasteiger partial charge in [0.2, 0.25) is 0 Å². The number of aromatic nitrogens is 2. The van der Waals surface area contributed by atoms with Crippen LogP contribution < -0.4 is 16.2 Å². The predicted molar refractivity (Wildman–Crippen MR) is 81.7 cm³/mol. The second kappa shape index (κ2) is 7.10. The second-order valence-electron chi connectivity index (χ2n) is 6.03. The average Bonchev–Trinajstić information content (AvgIpc) is 2.31. The minimum absolute atomic E-state index is 0.138. The number of H-pyrrole nitrogens is 1. The fourth-order valence-corrected chi connectivity index (χ4v) is 1.51. The van der Waals surface area contributed by atoms with Crippen LogP contribution in [0, 0.1) is 0 Å². The van der Waals surface area contributed by atoms with E-state index in [0.717, 1.165) is 0 Å². The van der Waals surface area contributed by atoms with E-state index in [1.54, 1.807) is 20.8 Å². The molecule has 0 saturated heterocycles. The monoisotopic (exact) mass is 296 g/mol. The fourth-order valence-electron chi connectivity index (χ4n) is 1.51. The van der Waals surface area contributed by atoms with Crippen LogP contribution in [0.3, 0.4) is 0 Å². The molecule has 118 valence electrons. The van der Waals surface area contributed by atoms with Gasteiger partial charge in [-0.2, -0.15) is 0 Å². The number of ether oxygens (including phenoxy) is 1. The third-order valence-corrected chi connectivity index (χ3v) is 2.41. The van der Waals surface area contributed by atoms with Crippen molar-refractivity contribution in [1.29, 1.82) is 0 Å². The first kappa shape index (κ1) is 17.0. The van der Waals surface area contributed by atoms with Gasteiger partial charge in [0.15, 0.2) is 0 Å². The largest absolute Gasteiger partial charge is 0.444 e. The van der Waals surface area contributed by atoms with Crippen molar-refractivity contribution in [3.05, 3.63) is 22.2 Å². The fraction of sp³-hybridized carbons (Fsp3) is 0.643. The van der Waals surface area contributed by atoms with E-state index >= 15 is 0 Å². The van der Waals surface area contributed by atoms with Gasteiger partial charge >= 0.3 is 6.09 Å². The molecule has 21 heavy (non-hydrogen) atoms. The first-order valence-corrected chi connectivity index (χ1v) is 6.99. The lowest BCUT2D eigenvalue weighted by Crippen LogP contribution is -2.35. The summed E-state index contributed by atoms with van der Waals surface area (Å²) >= 11 is 0. The minimum Gasteiger partial charge on any atom is -0.444 e. The number of carbonyl (C=O) groups is 1. The van der Waals surface area contributed by atoms with Crippen LogP contribution in [0.25, 0.3) is 0 Å². The molecule has 0 unspecified atom stereocenters. The average molecular weight is 296 g/mol. The Kier molecular flexibility index (Phi) is 5.75. The highest BCUT2D eigenvalue weighted by molar-refractivity contribution is 5.67. The van der Waals surface area contributed by atoms with E-state index < -0.39 is 11.7 Å². The summed E-state index contributed by atoms with van der Waals surface area (Å²) in [5.41, 5.74) is -0.714. The van der Waals surface area contributed by atoms with E-state index in [9.17, 15) is 9.59 Å². The lowest BCUT2D eigenvalue weighted by molar-refractivity contribution is 0.0530. The molecule has 0 aliphatic carbocycles. The molecule has 7 heteroatoms. The highest BCUT2D eigenvalue weighted by Crippen LogP contribution is 2.09. The molecule has 7 nitrogen and oxygen atoms in total. The number of nitrogens with zero attached hydrogens (tertiary/aromatic N) is 1. The summed E-state index contributed by atoms with van der Waals surface area (Å²) in [6.45, 7) is 10.1. The van der Waals surface area contributed by atoms with Crippen molar-refractivity contribution in [2.75, 3.05) is 18.4 Å². The van der Waals surface area contributed by atoms with Crippen LogP contribution >= 0.6 is 0 Å². The molecule has 0 saturated carbocycles. The van der Waals surface area contributed by atoms with Gasteiger partial charge in [-0.15, -0.1) is 0 Å². The molecule has 1 rings (SSSR count). The molecule has 0 atom stereocenters. The van der Waals surface area contributed by atoms with E-state index in [1.807, 2.05) is 13.8 Å². The van der Waals surface area contributed by atoms with E-state index in [1.165, 1.54) is 6.07 Å². The molecular weight excluding hydrogens is 272 g/mol. The van der Waals surface area contributed by atoms with Crippen LogP contribution in [0.4, 0.5) is 10.6 Å². The number of hydrogen-bond donors (Lipinski definition) is 3. The number of hydrogen-bond acceptors (Lipinski definition) is 5. The Labute approximate surface area is 124 Å². The summed E-state index contributed by atoms with van der Waals surface area (Å²) in [5.74, 6) is 1.26. The molecule has 1 aromatic heterocycles. The second-order valence-corrected chi connectivity index (χ2v) is 6.03. The van der Waals surface area contributed by atoms with Crippen molar-refractivity contribution >= 4 is 11.9 Å². The number of alkyl carbamates (subject to hydrolysis) is 1. The van der Waals surface area contributed by atoms with Gasteiger partial charge in [-0.1, -0.05) is 13.8 Å². The van der Waals surface area contributed by atoms with Crippen molar-refractivity contribution in [2.45, 2.75) is 46.1 Å². The Morgan fingerprint density at radius 3 is 2.62 bits per heavy atom. The maximum absolute atomic E-state index is 11.5. The van der Waals surface area contributed by atoms with Crippen LogP contribution in [0.1, 0.15) is 46.4 Å². The number of aromatic amines is 1. The van der Waals surface area contributed by atoms with E-state index in [0.29, 0.717) is 24.7 Å². The van der Waals surface area contributed by atoms with Crippen molar-refractivity contribution in [3.63, 3.8) is 0 Å². The predicted octanol–water partition coefficient (Wildman–Crippen LogP) is 1.83. The number of rotatable bonds is 5. The Hall–Kier alpha value is -2.05. The van der Waals surface area contributed by atoms with Crippen molar-refractivity contribution < 1.29 is 9.53 Å². The summed E-state index contributed by atoms with van der Waals surface area (Å²) in [6, 6.07) is 1.39. The molecule has 1 aromatic rings. The smallest absolute Gasteiger partial charge is 0.407 e. The summed E-state index contributed by atoms with van der Waals surface area (Å²) in [7, 11) is 0. The molecular formula is C14H24N4O3. The Morgan fingerprint density at radius 1 is 1.38 bits per heavy atom. The number of amides is 1. The summed E-state index contributed by atoms with van der Waals surface area (Å²) in [4.78, 5) is 29.9. The van der Waals surface area contributed by atoms with E-state index in [-0.39, 0.29) is 11.5 Å². The van der Waals surface area contributed by atoms with Crippen molar-refractivity contribution in [2.24, 2.45) is 0 Å². The van der Waals surface area contributed by atoms with Crippen LogP contribution in [0.5, 0.6) is 0 Å².